The van der Waals surface area contributed by atoms with Gasteiger partial charge in [0.1, 0.15) is 11.6 Å². The lowest BCUT2D eigenvalue weighted by Crippen LogP contribution is -2.05. The van der Waals surface area contributed by atoms with Crippen molar-refractivity contribution in [2.75, 3.05) is 13.0 Å². The van der Waals surface area contributed by atoms with E-state index < -0.39 is 29.2 Å². The van der Waals surface area contributed by atoms with Crippen molar-refractivity contribution in [3.05, 3.63) is 88.7 Å². The number of aromatic nitrogens is 4. The third-order valence-electron chi connectivity index (χ3n) is 5.48. The highest BCUT2D eigenvalue weighted by Gasteiger charge is 2.23. The number of methoxy groups -OCH3 is 1. The smallest absolute Gasteiger partial charge is 0.240 e. The molecule has 1 unspecified atom stereocenters. The minimum Gasteiger partial charge on any atom is -0.495 e. The normalized spacial score (nSPS) is 12.4. The van der Waals surface area contributed by atoms with Gasteiger partial charge in [0, 0.05) is 29.8 Å². The van der Waals surface area contributed by atoms with E-state index in [4.69, 9.17) is 20.8 Å². The zero-order valence-corrected chi connectivity index (χ0v) is 20.1. The van der Waals surface area contributed by atoms with Crippen molar-refractivity contribution in [3.63, 3.8) is 0 Å². The summed E-state index contributed by atoms with van der Waals surface area (Å²) in [7, 11) is 1.47. The summed E-state index contributed by atoms with van der Waals surface area (Å²) >= 11 is 5.79. The van der Waals surface area contributed by atoms with Crippen LogP contribution < -0.4 is 4.74 Å². The molecule has 0 aliphatic carbocycles. The van der Waals surface area contributed by atoms with Crippen LogP contribution in [0.3, 0.4) is 0 Å². The minimum atomic E-state index is -1.56. The van der Waals surface area contributed by atoms with Crippen molar-refractivity contribution in [3.8, 4) is 11.4 Å². The second-order valence-corrected chi connectivity index (χ2v) is 8.34. The maximum atomic E-state index is 14.8. The number of nitrogens with zero attached hydrogens (tertiary/aromatic N) is 4. The first-order valence-corrected chi connectivity index (χ1v) is 11.4. The zero-order chi connectivity index (χ0) is 25.8. The molecule has 11 heteroatoms. The molecule has 36 heavy (non-hydrogen) atoms. The molecule has 0 spiro atoms. The van der Waals surface area contributed by atoms with Gasteiger partial charge >= 0.3 is 0 Å². The molecule has 2 heterocycles. The number of rotatable bonds is 9. The molecule has 0 aliphatic rings. The van der Waals surface area contributed by atoms with Gasteiger partial charge in [-0.05, 0) is 49.6 Å². The predicted molar refractivity (Wildman–Crippen MR) is 126 cm³/mol. The molecule has 1 atom stereocenters. The number of imidazole rings is 1. The molecule has 4 aromatic rings. The first-order chi connectivity index (χ1) is 17.3. The van der Waals surface area contributed by atoms with E-state index in [9.17, 15) is 17.6 Å². The average molecular weight is 521 g/mol. The van der Waals surface area contributed by atoms with Crippen LogP contribution in [0, 0.1) is 30.2 Å². The third kappa shape index (κ3) is 5.43. The Bertz CT molecular complexity index is 1380. The lowest BCUT2D eigenvalue weighted by Gasteiger charge is -2.13. The highest BCUT2D eigenvalue weighted by molar-refractivity contribution is 6.17. The Balaban J connectivity index is 1.61. The van der Waals surface area contributed by atoms with Crippen LogP contribution in [0.1, 0.15) is 47.4 Å². The molecule has 0 fully saturated rings. The summed E-state index contributed by atoms with van der Waals surface area (Å²) in [5.74, 6) is -4.62. The maximum absolute atomic E-state index is 14.8. The van der Waals surface area contributed by atoms with Crippen LogP contribution in [0.25, 0.3) is 17.8 Å². The number of aryl methyl sites for hydroxylation is 1. The fourth-order valence-electron chi connectivity index (χ4n) is 3.71. The molecule has 2 aromatic heterocycles. The van der Waals surface area contributed by atoms with Gasteiger partial charge in [-0.1, -0.05) is 0 Å². The molecule has 0 N–H and O–H groups in total. The van der Waals surface area contributed by atoms with Gasteiger partial charge in [-0.2, -0.15) is 0 Å². The molecule has 0 radical (unpaired) electrons. The second-order valence-electron chi connectivity index (χ2n) is 7.96. The Kier molecular flexibility index (Phi) is 7.73. The van der Waals surface area contributed by atoms with Crippen molar-refractivity contribution < 1.29 is 26.7 Å². The Morgan fingerprint density at radius 2 is 1.81 bits per heavy atom. The Morgan fingerprint density at radius 3 is 2.44 bits per heavy atom. The van der Waals surface area contributed by atoms with E-state index in [1.54, 1.807) is 17.1 Å². The van der Waals surface area contributed by atoms with E-state index >= 15 is 0 Å². The number of alkyl halides is 1. The molecule has 2 aromatic carbocycles. The van der Waals surface area contributed by atoms with Gasteiger partial charge in [-0.25, -0.2) is 22.5 Å². The molecule has 0 amide bonds. The molecule has 0 saturated heterocycles. The lowest BCUT2D eigenvalue weighted by molar-refractivity contribution is 0.411. The number of hydrogen-bond acceptors (Lipinski definition) is 5. The molecular formula is C25H21ClF4N4O2. The van der Waals surface area contributed by atoms with E-state index in [0.29, 0.717) is 30.2 Å². The standard InChI is InChI=1S/C25H21ClF4N4O2/c1-14-12-34(13-31-14)21-11-18(27)15(10-22(21)35-2)5-6-23-32-33-25(36-23)17(4-3-7-26)16-8-19(28)24(30)20(29)9-16/h5-6,8-13,17H,3-4,7H2,1-2H3/b6-5+. The van der Waals surface area contributed by atoms with Crippen molar-refractivity contribution in [2.24, 2.45) is 0 Å². The summed E-state index contributed by atoms with van der Waals surface area (Å²) < 4.78 is 68.6. The summed E-state index contributed by atoms with van der Waals surface area (Å²) in [6, 6.07) is 4.61. The molecule has 188 valence electrons. The summed E-state index contributed by atoms with van der Waals surface area (Å²) in [6.07, 6.45) is 6.95. The summed E-state index contributed by atoms with van der Waals surface area (Å²) in [5.41, 5.74) is 1.59. The summed E-state index contributed by atoms with van der Waals surface area (Å²) in [4.78, 5) is 4.14. The van der Waals surface area contributed by atoms with Crippen LogP contribution in [0.5, 0.6) is 5.75 Å². The van der Waals surface area contributed by atoms with Gasteiger partial charge in [0.2, 0.25) is 11.8 Å². The van der Waals surface area contributed by atoms with E-state index in [1.807, 2.05) is 6.92 Å². The minimum absolute atomic E-state index is 0.0385. The quantitative estimate of drug-likeness (QED) is 0.144. The van der Waals surface area contributed by atoms with Crippen LogP contribution in [0.2, 0.25) is 0 Å². The van der Waals surface area contributed by atoms with Gasteiger partial charge in [0.25, 0.3) is 0 Å². The largest absolute Gasteiger partial charge is 0.495 e. The molecule has 0 saturated carbocycles. The lowest BCUT2D eigenvalue weighted by atomic mass is 9.94. The van der Waals surface area contributed by atoms with E-state index in [1.165, 1.54) is 31.4 Å². The third-order valence-corrected chi connectivity index (χ3v) is 5.75. The number of hydrogen-bond donors (Lipinski definition) is 0. The maximum Gasteiger partial charge on any atom is 0.240 e. The van der Waals surface area contributed by atoms with E-state index in [-0.39, 0.29) is 22.9 Å². The van der Waals surface area contributed by atoms with Crippen LogP contribution in [-0.4, -0.2) is 32.7 Å². The summed E-state index contributed by atoms with van der Waals surface area (Å²) in [5, 5.41) is 7.90. The number of benzene rings is 2. The Morgan fingerprint density at radius 1 is 1.06 bits per heavy atom. The van der Waals surface area contributed by atoms with E-state index in [0.717, 1.165) is 17.8 Å². The topological polar surface area (TPSA) is 66.0 Å². The van der Waals surface area contributed by atoms with Gasteiger partial charge in [-0.15, -0.1) is 21.8 Å². The van der Waals surface area contributed by atoms with Crippen molar-refractivity contribution in [1.29, 1.82) is 0 Å². The first kappa shape index (κ1) is 25.4. The van der Waals surface area contributed by atoms with Crippen LogP contribution >= 0.6 is 11.6 Å². The average Bonchev–Trinajstić information content (AvgIpc) is 3.51. The van der Waals surface area contributed by atoms with Crippen LogP contribution in [0.4, 0.5) is 17.6 Å². The second kappa shape index (κ2) is 10.9. The van der Waals surface area contributed by atoms with Crippen LogP contribution in [-0.2, 0) is 0 Å². The number of ether oxygens (including phenoxy) is 1. The van der Waals surface area contributed by atoms with Crippen LogP contribution in [0.15, 0.2) is 41.2 Å². The van der Waals surface area contributed by atoms with Crippen molar-refractivity contribution in [1.82, 2.24) is 19.7 Å². The van der Waals surface area contributed by atoms with Crippen molar-refractivity contribution >= 4 is 23.8 Å². The molecule has 0 aliphatic heterocycles. The molecular weight excluding hydrogens is 500 g/mol. The molecule has 4 rings (SSSR count). The summed E-state index contributed by atoms with van der Waals surface area (Å²) in [6.45, 7) is 1.82. The van der Waals surface area contributed by atoms with E-state index in [2.05, 4.69) is 15.2 Å². The first-order valence-electron chi connectivity index (χ1n) is 10.9. The number of halogens is 5. The zero-order valence-electron chi connectivity index (χ0n) is 19.3. The molecule has 6 nitrogen and oxygen atoms in total. The fraction of sp³-hybridized carbons (Fsp3) is 0.240. The van der Waals surface area contributed by atoms with Gasteiger partial charge in [0.05, 0.1) is 30.7 Å². The van der Waals surface area contributed by atoms with Crippen molar-refractivity contribution in [2.45, 2.75) is 25.7 Å². The Labute approximate surface area is 209 Å². The fourth-order valence-corrected chi connectivity index (χ4v) is 3.86. The highest BCUT2D eigenvalue weighted by atomic mass is 35.5. The van der Waals surface area contributed by atoms with Gasteiger partial charge in [0.15, 0.2) is 17.5 Å². The van der Waals surface area contributed by atoms with Gasteiger partial charge in [-0.3, -0.25) is 0 Å². The monoisotopic (exact) mass is 520 g/mol. The Hall–Kier alpha value is -3.66. The highest BCUT2D eigenvalue weighted by Crippen LogP contribution is 2.32. The molecule has 0 bridgehead atoms. The SMILES string of the molecule is COc1cc(/C=C/c2nnc(C(CCCCl)c3cc(F)c(F)c(F)c3)o2)c(F)cc1-n1cnc(C)c1. The van der Waals surface area contributed by atoms with Gasteiger partial charge < -0.3 is 13.7 Å². The predicted octanol–water partition coefficient (Wildman–Crippen LogP) is 6.45.